The number of rotatable bonds is 9. The number of nitrogens with one attached hydrogen (secondary N) is 1. The standard InChI is InChI=1S/C14H19Cl2NO3/c15-11-7-10(9-17-12-1-2-12)14(13(16)8-11)20-6-5-19-4-3-18/h7-8,12,17-18H,1-6,9H2. The van der Waals surface area contributed by atoms with Crippen LogP contribution in [0.3, 0.4) is 0 Å². The minimum Gasteiger partial charge on any atom is -0.489 e. The molecule has 2 rings (SSSR count). The fourth-order valence-electron chi connectivity index (χ4n) is 1.82. The Morgan fingerprint density at radius 1 is 1.20 bits per heavy atom. The van der Waals surface area contributed by atoms with Crippen molar-refractivity contribution in [1.82, 2.24) is 5.32 Å². The van der Waals surface area contributed by atoms with Crippen molar-refractivity contribution in [3.8, 4) is 5.75 Å². The van der Waals surface area contributed by atoms with Gasteiger partial charge in [-0.1, -0.05) is 23.2 Å². The molecule has 1 fully saturated rings. The molecule has 0 saturated heterocycles. The number of benzene rings is 1. The Morgan fingerprint density at radius 3 is 2.70 bits per heavy atom. The number of hydrogen-bond acceptors (Lipinski definition) is 4. The van der Waals surface area contributed by atoms with Crippen LogP contribution >= 0.6 is 23.2 Å². The van der Waals surface area contributed by atoms with Gasteiger partial charge in [0.25, 0.3) is 0 Å². The average Bonchev–Trinajstić information content (AvgIpc) is 3.22. The minimum absolute atomic E-state index is 0.0122. The zero-order valence-electron chi connectivity index (χ0n) is 11.2. The highest BCUT2D eigenvalue weighted by molar-refractivity contribution is 6.35. The van der Waals surface area contributed by atoms with Crippen LogP contribution in [0, 0.1) is 0 Å². The minimum atomic E-state index is 0.0122. The monoisotopic (exact) mass is 319 g/mol. The van der Waals surface area contributed by atoms with Gasteiger partial charge in [0.2, 0.25) is 0 Å². The fraction of sp³-hybridized carbons (Fsp3) is 0.571. The SMILES string of the molecule is OCCOCCOc1c(Cl)cc(Cl)cc1CNC1CC1. The fourth-order valence-corrected chi connectivity index (χ4v) is 2.41. The third-order valence-electron chi connectivity index (χ3n) is 2.95. The summed E-state index contributed by atoms with van der Waals surface area (Å²) in [5.74, 6) is 0.650. The van der Waals surface area contributed by atoms with Gasteiger partial charge in [0, 0.05) is 23.2 Å². The Bertz CT molecular complexity index is 439. The van der Waals surface area contributed by atoms with Crippen LogP contribution in [0.5, 0.6) is 5.75 Å². The lowest BCUT2D eigenvalue weighted by Crippen LogP contribution is -2.17. The normalized spacial score (nSPS) is 14.6. The van der Waals surface area contributed by atoms with Gasteiger partial charge < -0.3 is 19.9 Å². The van der Waals surface area contributed by atoms with E-state index in [1.807, 2.05) is 6.07 Å². The first-order chi connectivity index (χ1) is 9.70. The van der Waals surface area contributed by atoms with E-state index in [0.717, 1.165) is 5.56 Å². The molecule has 0 bridgehead atoms. The van der Waals surface area contributed by atoms with Gasteiger partial charge in [-0.15, -0.1) is 0 Å². The first kappa shape index (κ1) is 15.9. The Labute approximate surface area is 129 Å². The molecule has 0 atom stereocenters. The lowest BCUT2D eigenvalue weighted by atomic mass is 10.2. The molecule has 6 heteroatoms. The van der Waals surface area contributed by atoms with Gasteiger partial charge in [-0.2, -0.15) is 0 Å². The van der Waals surface area contributed by atoms with E-state index in [0.29, 0.717) is 48.2 Å². The van der Waals surface area contributed by atoms with E-state index in [-0.39, 0.29) is 6.61 Å². The van der Waals surface area contributed by atoms with Gasteiger partial charge in [-0.25, -0.2) is 0 Å². The van der Waals surface area contributed by atoms with Gasteiger partial charge in [-0.3, -0.25) is 0 Å². The summed E-state index contributed by atoms with van der Waals surface area (Å²) in [6, 6.07) is 4.15. The third-order valence-corrected chi connectivity index (χ3v) is 3.45. The molecule has 2 N–H and O–H groups in total. The number of hydrogen-bond donors (Lipinski definition) is 2. The number of halogens is 2. The summed E-state index contributed by atoms with van der Waals surface area (Å²) >= 11 is 12.2. The molecule has 1 saturated carbocycles. The molecule has 20 heavy (non-hydrogen) atoms. The Hall–Kier alpha value is -0.520. The lowest BCUT2D eigenvalue weighted by Gasteiger charge is -2.14. The predicted molar refractivity (Wildman–Crippen MR) is 79.7 cm³/mol. The molecule has 1 aliphatic rings. The van der Waals surface area contributed by atoms with E-state index in [1.165, 1.54) is 12.8 Å². The lowest BCUT2D eigenvalue weighted by molar-refractivity contribution is 0.0703. The summed E-state index contributed by atoms with van der Waals surface area (Å²) in [6.07, 6.45) is 2.44. The smallest absolute Gasteiger partial charge is 0.142 e. The summed E-state index contributed by atoms with van der Waals surface area (Å²) < 4.78 is 10.8. The van der Waals surface area contributed by atoms with Crippen molar-refractivity contribution < 1.29 is 14.6 Å². The summed E-state index contributed by atoms with van der Waals surface area (Å²) in [7, 11) is 0. The zero-order chi connectivity index (χ0) is 14.4. The molecule has 0 aromatic heterocycles. The Kier molecular flexibility index (Phi) is 6.39. The second kappa shape index (κ2) is 8.05. The maximum Gasteiger partial charge on any atom is 0.142 e. The van der Waals surface area contributed by atoms with E-state index < -0.39 is 0 Å². The van der Waals surface area contributed by atoms with E-state index in [1.54, 1.807) is 6.07 Å². The highest BCUT2D eigenvalue weighted by Gasteiger charge is 2.21. The quantitative estimate of drug-likeness (QED) is 0.687. The van der Waals surface area contributed by atoms with Crippen LogP contribution in [0.4, 0.5) is 0 Å². The van der Waals surface area contributed by atoms with E-state index in [9.17, 15) is 0 Å². The van der Waals surface area contributed by atoms with Crippen LogP contribution in [0.1, 0.15) is 18.4 Å². The average molecular weight is 320 g/mol. The summed E-state index contributed by atoms with van der Waals surface area (Å²) in [5.41, 5.74) is 0.955. The second-order valence-corrected chi connectivity index (χ2v) is 5.56. The largest absolute Gasteiger partial charge is 0.489 e. The molecule has 0 radical (unpaired) electrons. The molecule has 4 nitrogen and oxygen atoms in total. The van der Waals surface area contributed by atoms with Crippen molar-refractivity contribution in [3.05, 3.63) is 27.7 Å². The van der Waals surface area contributed by atoms with Crippen molar-refractivity contribution in [2.45, 2.75) is 25.4 Å². The van der Waals surface area contributed by atoms with Crippen LogP contribution in [-0.4, -0.2) is 37.6 Å². The first-order valence-corrected chi connectivity index (χ1v) is 7.49. The highest BCUT2D eigenvalue weighted by Crippen LogP contribution is 2.33. The van der Waals surface area contributed by atoms with Gasteiger partial charge in [-0.05, 0) is 25.0 Å². The van der Waals surface area contributed by atoms with Crippen molar-refractivity contribution in [1.29, 1.82) is 0 Å². The van der Waals surface area contributed by atoms with Crippen molar-refractivity contribution in [2.24, 2.45) is 0 Å². The van der Waals surface area contributed by atoms with Crippen LogP contribution in [0.25, 0.3) is 0 Å². The van der Waals surface area contributed by atoms with Crippen LogP contribution < -0.4 is 10.1 Å². The molecule has 0 spiro atoms. The number of aliphatic hydroxyl groups excluding tert-OH is 1. The zero-order valence-corrected chi connectivity index (χ0v) is 12.7. The molecule has 1 aromatic carbocycles. The molecule has 0 aliphatic heterocycles. The van der Waals surface area contributed by atoms with Crippen LogP contribution in [0.15, 0.2) is 12.1 Å². The van der Waals surface area contributed by atoms with Crippen molar-refractivity contribution in [3.63, 3.8) is 0 Å². The molecule has 1 aliphatic carbocycles. The topological polar surface area (TPSA) is 50.7 Å². The maximum atomic E-state index is 8.62. The Morgan fingerprint density at radius 2 is 2.00 bits per heavy atom. The third kappa shape index (κ3) is 5.11. The second-order valence-electron chi connectivity index (χ2n) is 4.72. The maximum absolute atomic E-state index is 8.62. The molecule has 0 amide bonds. The van der Waals surface area contributed by atoms with E-state index in [4.69, 9.17) is 37.8 Å². The number of ether oxygens (including phenoxy) is 2. The molecule has 0 unspecified atom stereocenters. The molecule has 0 heterocycles. The van der Waals surface area contributed by atoms with Crippen LogP contribution in [0.2, 0.25) is 10.0 Å². The van der Waals surface area contributed by atoms with E-state index >= 15 is 0 Å². The van der Waals surface area contributed by atoms with Gasteiger partial charge >= 0.3 is 0 Å². The van der Waals surface area contributed by atoms with Crippen molar-refractivity contribution >= 4 is 23.2 Å². The summed E-state index contributed by atoms with van der Waals surface area (Å²) in [4.78, 5) is 0. The van der Waals surface area contributed by atoms with E-state index in [2.05, 4.69) is 5.32 Å². The van der Waals surface area contributed by atoms with Crippen molar-refractivity contribution in [2.75, 3.05) is 26.4 Å². The Balaban J connectivity index is 1.92. The summed E-state index contributed by atoms with van der Waals surface area (Å²) in [5, 5.41) is 13.1. The number of aliphatic hydroxyl groups is 1. The summed E-state index contributed by atoms with van der Waals surface area (Å²) in [6.45, 7) is 1.82. The van der Waals surface area contributed by atoms with Gasteiger partial charge in [0.1, 0.15) is 12.4 Å². The van der Waals surface area contributed by atoms with Gasteiger partial charge in [0.05, 0.1) is 24.8 Å². The first-order valence-electron chi connectivity index (χ1n) is 6.73. The molecular weight excluding hydrogens is 301 g/mol. The molecular formula is C14H19Cl2NO3. The van der Waals surface area contributed by atoms with Crippen LogP contribution in [-0.2, 0) is 11.3 Å². The molecule has 1 aromatic rings. The van der Waals surface area contributed by atoms with Gasteiger partial charge in [0.15, 0.2) is 0 Å². The highest BCUT2D eigenvalue weighted by atomic mass is 35.5. The predicted octanol–water partition coefficient (Wildman–Crippen LogP) is 2.63. The molecule has 112 valence electrons.